The minimum atomic E-state index is -1.11. The summed E-state index contributed by atoms with van der Waals surface area (Å²) in [6, 6.07) is 8.04. The van der Waals surface area contributed by atoms with Crippen molar-refractivity contribution in [2.75, 3.05) is 0 Å². The average Bonchev–Trinajstić information content (AvgIpc) is 3.65. The van der Waals surface area contributed by atoms with Crippen LogP contribution in [0.1, 0.15) is 88.1 Å². The number of aliphatic hydroxyl groups excluding tert-OH is 2. The molecule has 0 radical (unpaired) electrons. The molecule has 3 N–H and O–H groups in total. The molecule has 0 heterocycles. The van der Waals surface area contributed by atoms with Crippen LogP contribution in [0.25, 0.3) is 0 Å². The third kappa shape index (κ3) is 3.62. The molecule has 6 heteroatoms. The Kier molecular flexibility index (Phi) is 6.03. The highest BCUT2D eigenvalue weighted by atomic mass is 16.3. The number of aliphatic hydroxyl groups is 3. The van der Waals surface area contributed by atoms with E-state index in [0.717, 1.165) is 43.2 Å². The Bertz CT molecular complexity index is 1170. The molecule has 0 aliphatic heterocycles. The summed E-state index contributed by atoms with van der Waals surface area (Å²) in [6.45, 7) is 8.45. The first-order valence-corrected chi connectivity index (χ1v) is 14.6. The van der Waals surface area contributed by atoms with Gasteiger partial charge in [0.2, 0.25) is 0 Å². The lowest BCUT2D eigenvalue weighted by atomic mass is 9.46. The molecule has 5 aliphatic rings. The largest absolute Gasteiger partial charge is 0.390 e. The van der Waals surface area contributed by atoms with Gasteiger partial charge in [0.15, 0.2) is 5.78 Å². The molecule has 1 amide bonds. The maximum absolute atomic E-state index is 13.8. The van der Waals surface area contributed by atoms with Gasteiger partial charge in [0.05, 0.1) is 17.8 Å². The van der Waals surface area contributed by atoms with Gasteiger partial charge in [-0.2, -0.15) is 0 Å². The predicted molar refractivity (Wildman–Crippen MR) is 144 cm³/mol. The minimum absolute atomic E-state index is 0.00760. The number of aryl methyl sites for hydroxylation is 1. The average molecular weight is 522 g/mol. The van der Waals surface area contributed by atoms with Crippen molar-refractivity contribution in [3.8, 4) is 0 Å². The van der Waals surface area contributed by atoms with E-state index in [1.54, 1.807) is 6.08 Å². The van der Waals surface area contributed by atoms with Crippen LogP contribution in [0, 0.1) is 35.5 Å². The summed E-state index contributed by atoms with van der Waals surface area (Å²) in [5, 5.41) is 33.4. The second kappa shape index (κ2) is 8.74. The van der Waals surface area contributed by atoms with Gasteiger partial charge >= 0.3 is 0 Å². The topological polar surface area (TPSA) is 98.1 Å². The van der Waals surface area contributed by atoms with Crippen molar-refractivity contribution in [3.05, 3.63) is 47.0 Å². The zero-order valence-corrected chi connectivity index (χ0v) is 23.2. The lowest BCUT2D eigenvalue weighted by Crippen LogP contribution is -2.61. The summed E-state index contributed by atoms with van der Waals surface area (Å²) in [4.78, 5) is 29.3. The van der Waals surface area contributed by atoms with E-state index >= 15 is 0 Å². The number of rotatable bonds is 4. The van der Waals surface area contributed by atoms with Gasteiger partial charge in [0.25, 0.3) is 5.91 Å². The first kappa shape index (κ1) is 26.2. The summed E-state index contributed by atoms with van der Waals surface area (Å²) in [6.07, 6.45) is 5.72. The molecular weight excluding hydrogens is 478 g/mol. The van der Waals surface area contributed by atoms with Crippen molar-refractivity contribution in [1.29, 1.82) is 0 Å². The van der Waals surface area contributed by atoms with Crippen molar-refractivity contribution >= 4 is 11.7 Å². The van der Waals surface area contributed by atoms with E-state index in [2.05, 4.69) is 25.7 Å². The van der Waals surface area contributed by atoms with Crippen molar-refractivity contribution in [3.63, 3.8) is 0 Å². The number of carbonyl (C=O) groups excluding carboxylic acids is 2. The lowest BCUT2D eigenvalue weighted by molar-refractivity contribution is -0.153. The Balaban J connectivity index is 1.33. The second-order valence-corrected chi connectivity index (χ2v) is 13.7. The Morgan fingerprint density at radius 2 is 1.68 bits per heavy atom. The van der Waals surface area contributed by atoms with Gasteiger partial charge in [-0.1, -0.05) is 31.5 Å². The summed E-state index contributed by atoms with van der Waals surface area (Å²) in [5.74, 6) is -0.147. The van der Waals surface area contributed by atoms with Gasteiger partial charge in [-0.05, 0) is 106 Å². The molecule has 38 heavy (non-hydrogen) atoms. The number of benzene rings is 1. The van der Waals surface area contributed by atoms with E-state index in [9.17, 15) is 24.9 Å². The number of ketones is 1. The van der Waals surface area contributed by atoms with Gasteiger partial charge in [0, 0.05) is 29.0 Å². The van der Waals surface area contributed by atoms with E-state index in [0.29, 0.717) is 18.4 Å². The smallest absolute Gasteiger partial charge is 0.254 e. The molecule has 9 atom stereocenters. The molecule has 206 valence electrons. The fourth-order valence-electron chi connectivity index (χ4n) is 9.26. The Hall–Kier alpha value is -2.02. The maximum Gasteiger partial charge on any atom is 0.254 e. The molecule has 1 aromatic rings. The third-order valence-corrected chi connectivity index (χ3v) is 11.7. The highest BCUT2D eigenvalue weighted by molar-refractivity contribution is 5.95. The van der Waals surface area contributed by atoms with Gasteiger partial charge in [-0.25, -0.2) is 0 Å². The van der Waals surface area contributed by atoms with Crippen LogP contribution in [-0.2, 0) is 4.79 Å². The Morgan fingerprint density at radius 3 is 2.34 bits per heavy atom. The number of hydrogen-bond acceptors (Lipinski definition) is 5. The standard InChI is InChI=1S/C32H43NO5/c1-18-5-7-20(8-6-18)29(37)33(21-9-10-21)19(2)22-12-14-32(38)24-15-26(34)25-16-27(35)28(36)17-30(25,3)23(24)11-13-31(22,32)4/h5-8,15,19,21-23,25,27-28,35-36,38H,9-14,16-17H2,1-4H3/t19?,22?,23?,25?,27?,28?,30-,31?,32-/m1/s1. The van der Waals surface area contributed by atoms with Crippen molar-refractivity contribution in [2.45, 2.75) is 109 Å². The predicted octanol–water partition coefficient (Wildman–Crippen LogP) is 4.19. The van der Waals surface area contributed by atoms with Crippen LogP contribution in [0.15, 0.2) is 35.9 Å². The first-order valence-electron chi connectivity index (χ1n) is 14.6. The molecule has 4 saturated carbocycles. The SMILES string of the molecule is Cc1ccc(C(=O)N(C2CC2)C(C)C2CC[C@@]3(O)C4=CC(=O)C5CC(O)C(O)C[C@]5(C)C4CCC23C)cc1. The van der Waals surface area contributed by atoms with Crippen LogP contribution in [0.2, 0.25) is 0 Å². The quantitative estimate of drug-likeness (QED) is 0.552. The summed E-state index contributed by atoms with van der Waals surface area (Å²) in [5.41, 5.74) is 0.657. The van der Waals surface area contributed by atoms with Crippen LogP contribution in [0.3, 0.4) is 0 Å². The molecule has 7 unspecified atom stereocenters. The zero-order chi connectivity index (χ0) is 27.2. The molecule has 6 rings (SSSR count). The van der Waals surface area contributed by atoms with Crippen molar-refractivity contribution in [1.82, 2.24) is 4.90 Å². The third-order valence-electron chi connectivity index (χ3n) is 11.7. The van der Waals surface area contributed by atoms with Crippen molar-refractivity contribution in [2.24, 2.45) is 28.6 Å². The molecule has 0 aromatic heterocycles. The molecule has 4 fully saturated rings. The molecule has 0 saturated heterocycles. The highest BCUT2D eigenvalue weighted by Crippen LogP contribution is 2.67. The first-order chi connectivity index (χ1) is 17.9. The number of allylic oxidation sites excluding steroid dienone is 1. The fourth-order valence-corrected chi connectivity index (χ4v) is 9.26. The lowest BCUT2D eigenvalue weighted by Gasteiger charge is -2.60. The maximum atomic E-state index is 13.8. The minimum Gasteiger partial charge on any atom is -0.390 e. The van der Waals surface area contributed by atoms with Crippen molar-refractivity contribution < 1.29 is 24.9 Å². The summed E-state index contributed by atoms with van der Waals surface area (Å²) in [7, 11) is 0. The van der Waals surface area contributed by atoms with Crippen LogP contribution >= 0.6 is 0 Å². The van der Waals surface area contributed by atoms with Crippen LogP contribution in [-0.4, -0.2) is 61.8 Å². The van der Waals surface area contributed by atoms with E-state index in [1.807, 2.05) is 31.2 Å². The van der Waals surface area contributed by atoms with Gasteiger partial charge in [0.1, 0.15) is 0 Å². The van der Waals surface area contributed by atoms with Crippen LogP contribution in [0.4, 0.5) is 0 Å². The normalized spacial score (nSPS) is 43.0. The highest BCUT2D eigenvalue weighted by Gasteiger charge is 2.67. The number of carbonyl (C=O) groups is 2. The van der Waals surface area contributed by atoms with E-state index in [1.165, 1.54) is 0 Å². The fraction of sp³-hybridized carbons (Fsp3) is 0.688. The monoisotopic (exact) mass is 521 g/mol. The number of hydrogen-bond donors (Lipinski definition) is 3. The van der Waals surface area contributed by atoms with Gasteiger partial charge in [-0.3, -0.25) is 9.59 Å². The van der Waals surface area contributed by atoms with Crippen LogP contribution in [0.5, 0.6) is 0 Å². The molecule has 1 aromatic carbocycles. The summed E-state index contributed by atoms with van der Waals surface area (Å²) >= 11 is 0. The zero-order valence-electron chi connectivity index (χ0n) is 23.2. The number of fused-ring (bicyclic) bond motifs is 5. The molecular formula is C32H43NO5. The Morgan fingerprint density at radius 1 is 1.00 bits per heavy atom. The molecule has 0 spiro atoms. The van der Waals surface area contributed by atoms with Gasteiger partial charge < -0.3 is 20.2 Å². The molecule has 5 aliphatic carbocycles. The van der Waals surface area contributed by atoms with E-state index in [4.69, 9.17) is 0 Å². The molecule has 0 bridgehead atoms. The van der Waals surface area contributed by atoms with Gasteiger partial charge in [-0.15, -0.1) is 0 Å². The second-order valence-electron chi connectivity index (χ2n) is 13.7. The molecule has 6 nitrogen and oxygen atoms in total. The van der Waals surface area contributed by atoms with E-state index in [-0.39, 0.29) is 47.9 Å². The Labute approximate surface area is 226 Å². The number of amides is 1. The number of nitrogens with zero attached hydrogens (tertiary/aromatic N) is 1. The van der Waals surface area contributed by atoms with E-state index < -0.39 is 28.6 Å². The summed E-state index contributed by atoms with van der Waals surface area (Å²) < 4.78 is 0. The van der Waals surface area contributed by atoms with Crippen LogP contribution < -0.4 is 0 Å².